The molecule has 0 spiro atoms. The van der Waals surface area contributed by atoms with E-state index in [-0.39, 0.29) is 12.6 Å². The van der Waals surface area contributed by atoms with Gasteiger partial charge >= 0.3 is 11.9 Å². The summed E-state index contributed by atoms with van der Waals surface area (Å²) in [6.07, 6.45) is 0.455. The summed E-state index contributed by atoms with van der Waals surface area (Å²) in [5, 5.41) is 8.59. The Kier molecular flexibility index (Phi) is 10.4. The summed E-state index contributed by atoms with van der Waals surface area (Å²) in [6, 6.07) is 0. The van der Waals surface area contributed by atoms with Crippen molar-refractivity contribution in [2.45, 2.75) is 20.0 Å². The van der Waals surface area contributed by atoms with Gasteiger partial charge in [0.1, 0.15) is 6.61 Å². The topological polar surface area (TPSA) is 72.8 Å². The lowest BCUT2D eigenvalue weighted by Crippen LogP contribution is -2.13. The molecule has 0 rings (SSSR count). The van der Waals surface area contributed by atoms with Crippen molar-refractivity contribution >= 4 is 11.9 Å². The summed E-state index contributed by atoms with van der Waals surface area (Å²) in [7, 11) is 1.33. The molecule has 0 aliphatic rings. The van der Waals surface area contributed by atoms with E-state index in [1.807, 2.05) is 0 Å². The Bertz CT molecular complexity index is 255. The van der Waals surface area contributed by atoms with Gasteiger partial charge in [0.05, 0.1) is 13.2 Å². The van der Waals surface area contributed by atoms with Gasteiger partial charge in [-0.2, -0.15) is 0 Å². The normalized spacial score (nSPS) is 10.2. The number of aliphatic hydroxyl groups is 1. The fourth-order valence-electron chi connectivity index (χ4n) is 0.436. The Morgan fingerprint density at radius 3 is 2.19 bits per heavy atom. The van der Waals surface area contributed by atoms with Gasteiger partial charge in [-0.3, -0.25) is 0 Å². The number of carbonyl (C=O) groups excluding carboxylic acids is 2. The van der Waals surface area contributed by atoms with Crippen LogP contribution in [-0.4, -0.2) is 36.9 Å². The fraction of sp³-hybridized carbons (Fsp3) is 0.455. The van der Waals surface area contributed by atoms with Crippen LogP contribution in [0.2, 0.25) is 0 Å². The van der Waals surface area contributed by atoms with Crippen LogP contribution in [0.5, 0.6) is 0 Å². The highest BCUT2D eigenvalue weighted by Gasteiger charge is 1.98. The SMILES string of the molecule is C=C(C)C(=O)OC.C=CC(=O)OCC(C)O. The third-order valence-corrected chi connectivity index (χ3v) is 1.17. The van der Waals surface area contributed by atoms with Crippen LogP contribution in [0.25, 0.3) is 0 Å². The first-order valence-electron chi connectivity index (χ1n) is 4.56. The lowest BCUT2D eigenvalue weighted by Gasteiger charge is -2.02. The average molecular weight is 230 g/mol. The molecule has 0 radical (unpaired) electrons. The number of hydrogen-bond donors (Lipinski definition) is 1. The van der Waals surface area contributed by atoms with Crippen LogP contribution in [0, 0.1) is 0 Å². The first-order valence-corrected chi connectivity index (χ1v) is 4.56. The molecule has 0 saturated heterocycles. The van der Waals surface area contributed by atoms with Crippen LogP contribution in [0.1, 0.15) is 13.8 Å². The summed E-state index contributed by atoms with van der Waals surface area (Å²) in [5.41, 5.74) is 0.433. The van der Waals surface area contributed by atoms with Crippen molar-refractivity contribution in [1.29, 1.82) is 0 Å². The maximum Gasteiger partial charge on any atom is 0.332 e. The predicted molar refractivity (Wildman–Crippen MR) is 59.7 cm³/mol. The molecule has 0 saturated carbocycles. The third-order valence-electron chi connectivity index (χ3n) is 1.17. The van der Waals surface area contributed by atoms with Gasteiger partial charge in [-0.05, 0) is 13.8 Å². The standard InChI is InChI=1S/C6H10O3.C5H8O2/c1-3-6(8)9-4-5(2)7;1-4(2)5(6)7-3/h3,5,7H,1,4H2,2H3;1H2,2-3H3. The molecule has 16 heavy (non-hydrogen) atoms. The average Bonchev–Trinajstić information content (AvgIpc) is 2.25. The van der Waals surface area contributed by atoms with Crippen LogP contribution in [0.4, 0.5) is 0 Å². The summed E-state index contributed by atoms with van der Waals surface area (Å²) in [4.78, 5) is 20.5. The first-order chi connectivity index (χ1) is 7.34. The highest BCUT2D eigenvalue weighted by molar-refractivity contribution is 5.86. The quantitative estimate of drug-likeness (QED) is 0.572. The van der Waals surface area contributed by atoms with Gasteiger partial charge in [-0.1, -0.05) is 13.2 Å². The Labute approximate surface area is 95.4 Å². The summed E-state index contributed by atoms with van der Waals surface area (Å²) >= 11 is 0. The van der Waals surface area contributed by atoms with Gasteiger partial charge in [0.25, 0.3) is 0 Å². The van der Waals surface area contributed by atoms with Crippen molar-refractivity contribution in [2.75, 3.05) is 13.7 Å². The van der Waals surface area contributed by atoms with Gasteiger partial charge in [-0.15, -0.1) is 0 Å². The highest BCUT2D eigenvalue weighted by atomic mass is 16.5. The van der Waals surface area contributed by atoms with E-state index in [1.54, 1.807) is 6.92 Å². The molecule has 0 fully saturated rings. The van der Waals surface area contributed by atoms with E-state index in [0.717, 1.165) is 6.08 Å². The van der Waals surface area contributed by atoms with Gasteiger partial charge < -0.3 is 14.6 Å². The molecular weight excluding hydrogens is 212 g/mol. The maximum atomic E-state index is 10.3. The smallest absolute Gasteiger partial charge is 0.332 e. The van der Waals surface area contributed by atoms with Crippen molar-refractivity contribution in [3.63, 3.8) is 0 Å². The van der Waals surface area contributed by atoms with E-state index in [1.165, 1.54) is 14.0 Å². The second kappa shape index (κ2) is 9.92. The van der Waals surface area contributed by atoms with Gasteiger partial charge in [0.2, 0.25) is 0 Å². The molecule has 5 heteroatoms. The van der Waals surface area contributed by atoms with Crippen LogP contribution in [0.15, 0.2) is 24.8 Å². The number of hydrogen-bond acceptors (Lipinski definition) is 5. The maximum absolute atomic E-state index is 10.3. The van der Waals surface area contributed by atoms with E-state index >= 15 is 0 Å². The van der Waals surface area contributed by atoms with Crippen molar-refractivity contribution < 1.29 is 24.2 Å². The predicted octanol–water partition coefficient (Wildman–Crippen LogP) is 0.832. The van der Waals surface area contributed by atoms with Crippen molar-refractivity contribution in [2.24, 2.45) is 0 Å². The molecule has 5 nitrogen and oxygen atoms in total. The minimum atomic E-state index is -0.603. The van der Waals surface area contributed by atoms with E-state index < -0.39 is 12.1 Å². The molecule has 1 unspecified atom stereocenters. The first kappa shape index (κ1) is 16.8. The zero-order chi connectivity index (χ0) is 13.1. The third kappa shape index (κ3) is 12.4. The Morgan fingerprint density at radius 1 is 1.50 bits per heavy atom. The minimum Gasteiger partial charge on any atom is -0.466 e. The van der Waals surface area contributed by atoms with Gasteiger partial charge in [-0.25, -0.2) is 9.59 Å². The van der Waals surface area contributed by atoms with E-state index in [0.29, 0.717) is 5.57 Å². The zero-order valence-corrected chi connectivity index (χ0v) is 9.86. The van der Waals surface area contributed by atoms with Gasteiger partial charge in [0.15, 0.2) is 0 Å². The fourth-order valence-corrected chi connectivity index (χ4v) is 0.436. The van der Waals surface area contributed by atoms with Gasteiger partial charge in [0, 0.05) is 11.6 Å². The number of methoxy groups -OCH3 is 1. The molecule has 92 valence electrons. The molecule has 0 bridgehead atoms. The molecule has 0 aliphatic carbocycles. The molecular formula is C11H18O5. The largest absolute Gasteiger partial charge is 0.466 e. The number of rotatable bonds is 4. The van der Waals surface area contributed by atoms with E-state index in [2.05, 4.69) is 22.6 Å². The Balaban J connectivity index is 0. The molecule has 0 heterocycles. The van der Waals surface area contributed by atoms with E-state index in [4.69, 9.17) is 5.11 Å². The van der Waals surface area contributed by atoms with E-state index in [9.17, 15) is 9.59 Å². The molecule has 0 aliphatic heterocycles. The van der Waals surface area contributed by atoms with Crippen molar-refractivity contribution in [3.8, 4) is 0 Å². The molecule has 0 aromatic heterocycles. The Morgan fingerprint density at radius 2 is 2.00 bits per heavy atom. The minimum absolute atomic E-state index is 0.0326. The summed E-state index contributed by atoms with van der Waals surface area (Å²) in [5.74, 6) is -0.851. The molecule has 0 aromatic carbocycles. The van der Waals surface area contributed by atoms with Crippen LogP contribution >= 0.6 is 0 Å². The zero-order valence-electron chi connectivity index (χ0n) is 9.86. The Hall–Kier alpha value is -1.62. The molecule has 0 aromatic rings. The summed E-state index contributed by atoms with van der Waals surface area (Å²) < 4.78 is 8.72. The van der Waals surface area contributed by atoms with Crippen LogP contribution in [-0.2, 0) is 19.1 Å². The van der Waals surface area contributed by atoms with Crippen molar-refractivity contribution in [1.82, 2.24) is 0 Å². The number of carbonyl (C=O) groups is 2. The molecule has 1 N–H and O–H groups in total. The van der Waals surface area contributed by atoms with Crippen molar-refractivity contribution in [3.05, 3.63) is 24.8 Å². The molecule has 1 atom stereocenters. The number of ether oxygens (including phenoxy) is 2. The van der Waals surface area contributed by atoms with Crippen LogP contribution < -0.4 is 0 Å². The monoisotopic (exact) mass is 230 g/mol. The number of aliphatic hydroxyl groups excluding tert-OH is 1. The van der Waals surface area contributed by atoms with Crippen LogP contribution in [0.3, 0.4) is 0 Å². The molecule has 0 amide bonds. The number of esters is 2. The second-order valence-electron chi connectivity index (χ2n) is 2.96. The highest BCUT2D eigenvalue weighted by Crippen LogP contribution is 1.87. The lowest BCUT2D eigenvalue weighted by molar-refractivity contribution is -0.140. The lowest BCUT2D eigenvalue weighted by atomic mass is 10.4. The summed E-state index contributed by atoms with van der Waals surface area (Å²) in [6.45, 7) is 9.71. The second-order valence-corrected chi connectivity index (χ2v) is 2.96.